The zero-order valence-electron chi connectivity index (χ0n) is 10.2. The Morgan fingerprint density at radius 1 is 1.53 bits per heavy atom. The zero-order valence-corrected chi connectivity index (χ0v) is 11.7. The van der Waals surface area contributed by atoms with Crippen LogP contribution in [0.15, 0.2) is 22.7 Å². The standard InChI is InChI=1S/C13H19BrN2O/c1-17-10-4-3-7-16(8-10)9-11-12(14)5-2-6-13(11)15/h2,5-6,10H,3-4,7-9,15H2,1H3. The van der Waals surface area contributed by atoms with Gasteiger partial charge in [-0.05, 0) is 31.5 Å². The van der Waals surface area contributed by atoms with Gasteiger partial charge in [0.1, 0.15) is 0 Å². The molecule has 1 fully saturated rings. The third-order valence-corrected chi connectivity index (χ3v) is 4.08. The van der Waals surface area contributed by atoms with Crippen LogP contribution in [0.4, 0.5) is 5.69 Å². The Hall–Kier alpha value is -0.580. The number of nitrogens with two attached hydrogens (primary N) is 1. The lowest BCUT2D eigenvalue weighted by Crippen LogP contribution is -2.38. The van der Waals surface area contributed by atoms with Crippen LogP contribution in [-0.2, 0) is 11.3 Å². The largest absolute Gasteiger partial charge is 0.398 e. The summed E-state index contributed by atoms with van der Waals surface area (Å²) < 4.78 is 6.53. The molecule has 3 nitrogen and oxygen atoms in total. The summed E-state index contributed by atoms with van der Waals surface area (Å²) in [6.45, 7) is 3.02. The summed E-state index contributed by atoms with van der Waals surface area (Å²) in [5.41, 5.74) is 8.06. The van der Waals surface area contributed by atoms with Crippen molar-refractivity contribution in [2.75, 3.05) is 25.9 Å². The van der Waals surface area contributed by atoms with E-state index in [1.54, 1.807) is 7.11 Å². The van der Waals surface area contributed by atoms with E-state index in [-0.39, 0.29) is 0 Å². The van der Waals surface area contributed by atoms with Crippen LogP contribution in [-0.4, -0.2) is 31.2 Å². The summed E-state index contributed by atoms with van der Waals surface area (Å²) >= 11 is 3.57. The van der Waals surface area contributed by atoms with Gasteiger partial charge >= 0.3 is 0 Å². The molecule has 0 aliphatic carbocycles. The summed E-state index contributed by atoms with van der Waals surface area (Å²) in [5, 5.41) is 0. The summed E-state index contributed by atoms with van der Waals surface area (Å²) in [6.07, 6.45) is 2.73. The molecule has 1 heterocycles. The van der Waals surface area contributed by atoms with Crippen molar-refractivity contribution < 1.29 is 4.74 Å². The van der Waals surface area contributed by atoms with Gasteiger partial charge in [-0.3, -0.25) is 4.90 Å². The molecule has 0 bridgehead atoms. The highest BCUT2D eigenvalue weighted by molar-refractivity contribution is 9.10. The fourth-order valence-corrected chi connectivity index (χ4v) is 2.82. The topological polar surface area (TPSA) is 38.5 Å². The number of benzene rings is 1. The number of hydrogen-bond acceptors (Lipinski definition) is 3. The number of likely N-dealkylation sites (tertiary alicyclic amines) is 1. The van der Waals surface area contributed by atoms with Crippen molar-refractivity contribution in [3.05, 3.63) is 28.2 Å². The molecule has 17 heavy (non-hydrogen) atoms. The summed E-state index contributed by atoms with van der Waals surface area (Å²) in [7, 11) is 1.79. The lowest BCUT2D eigenvalue weighted by molar-refractivity contribution is 0.0285. The molecule has 1 atom stereocenters. The first-order chi connectivity index (χ1) is 8.20. The number of halogens is 1. The van der Waals surface area contributed by atoms with Gasteiger partial charge in [0.2, 0.25) is 0 Å². The van der Waals surface area contributed by atoms with E-state index < -0.39 is 0 Å². The Morgan fingerprint density at radius 2 is 2.35 bits per heavy atom. The molecule has 2 N–H and O–H groups in total. The molecule has 2 rings (SSSR count). The van der Waals surface area contributed by atoms with Gasteiger partial charge in [-0.15, -0.1) is 0 Å². The van der Waals surface area contributed by atoms with Crippen LogP contribution in [0.2, 0.25) is 0 Å². The van der Waals surface area contributed by atoms with Crippen LogP contribution in [0, 0.1) is 0 Å². The number of nitrogen functional groups attached to an aromatic ring is 1. The van der Waals surface area contributed by atoms with Crippen LogP contribution < -0.4 is 5.73 Å². The number of hydrogen-bond donors (Lipinski definition) is 1. The maximum atomic E-state index is 6.02. The van der Waals surface area contributed by atoms with Crippen LogP contribution in [0.25, 0.3) is 0 Å². The second-order valence-corrected chi connectivity index (χ2v) is 5.40. The average Bonchev–Trinajstić information content (AvgIpc) is 2.34. The van der Waals surface area contributed by atoms with Crippen LogP contribution in [0.3, 0.4) is 0 Å². The van der Waals surface area contributed by atoms with E-state index in [0.29, 0.717) is 6.10 Å². The van der Waals surface area contributed by atoms with Crippen LogP contribution in [0.1, 0.15) is 18.4 Å². The van der Waals surface area contributed by atoms with Crippen LogP contribution >= 0.6 is 15.9 Å². The van der Waals surface area contributed by atoms with Crippen molar-refractivity contribution >= 4 is 21.6 Å². The van der Waals surface area contributed by atoms with Gasteiger partial charge in [0, 0.05) is 35.9 Å². The predicted molar refractivity (Wildman–Crippen MR) is 73.9 cm³/mol. The number of methoxy groups -OCH3 is 1. The van der Waals surface area contributed by atoms with Crippen molar-refractivity contribution in [3.63, 3.8) is 0 Å². The summed E-state index contributed by atoms with van der Waals surface area (Å²) in [5.74, 6) is 0. The maximum absolute atomic E-state index is 6.02. The first-order valence-electron chi connectivity index (χ1n) is 5.98. The molecular formula is C13H19BrN2O. The molecular weight excluding hydrogens is 280 g/mol. The fourth-order valence-electron chi connectivity index (χ4n) is 2.31. The molecule has 0 spiro atoms. The van der Waals surface area contributed by atoms with Crippen molar-refractivity contribution in [2.45, 2.75) is 25.5 Å². The number of rotatable bonds is 3. The normalized spacial score (nSPS) is 21.6. The molecule has 0 radical (unpaired) electrons. The molecule has 1 aliphatic rings. The van der Waals surface area contributed by atoms with E-state index in [1.807, 2.05) is 18.2 Å². The zero-order chi connectivity index (χ0) is 12.3. The predicted octanol–water partition coefficient (Wildman–Crippen LogP) is 2.64. The van der Waals surface area contributed by atoms with Gasteiger partial charge in [-0.1, -0.05) is 22.0 Å². The molecule has 1 saturated heterocycles. The number of piperidine rings is 1. The van der Waals surface area contributed by atoms with Gasteiger partial charge in [0.15, 0.2) is 0 Å². The molecule has 94 valence electrons. The van der Waals surface area contributed by atoms with Crippen molar-refractivity contribution in [3.8, 4) is 0 Å². The first-order valence-corrected chi connectivity index (χ1v) is 6.78. The minimum Gasteiger partial charge on any atom is -0.398 e. The van der Waals surface area contributed by atoms with Crippen molar-refractivity contribution in [1.29, 1.82) is 0 Å². The second-order valence-electron chi connectivity index (χ2n) is 4.54. The molecule has 4 heteroatoms. The smallest absolute Gasteiger partial charge is 0.0698 e. The molecule has 1 aromatic carbocycles. The van der Waals surface area contributed by atoms with Crippen molar-refractivity contribution in [2.24, 2.45) is 0 Å². The van der Waals surface area contributed by atoms with E-state index in [0.717, 1.165) is 29.8 Å². The highest BCUT2D eigenvalue weighted by Crippen LogP contribution is 2.25. The monoisotopic (exact) mass is 298 g/mol. The first kappa shape index (κ1) is 12.9. The maximum Gasteiger partial charge on any atom is 0.0698 e. The summed E-state index contributed by atoms with van der Waals surface area (Å²) in [6, 6.07) is 5.97. The molecule has 0 amide bonds. The minimum atomic E-state index is 0.368. The third kappa shape index (κ3) is 3.21. The Balaban J connectivity index is 2.05. The number of ether oxygens (including phenoxy) is 1. The number of nitrogens with zero attached hydrogens (tertiary/aromatic N) is 1. The quantitative estimate of drug-likeness (QED) is 0.872. The van der Waals surface area contributed by atoms with E-state index in [9.17, 15) is 0 Å². The Labute approximate surface area is 111 Å². The van der Waals surface area contributed by atoms with Gasteiger partial charge in [-0.25, -0.2) is 0 Å². The van der Waals surface area contributed by atoms with Gasteiger partial charge in [0.05, 0.1) is 6.10 Å². The van der Waals surface area contributed by atoms with E-state index >= 15 is 0 Å². The third-order valence-electron chi connectivity index (χ3n) is 3.33. The van der Waals surface area contributed by atoms with Crippen molar-refractivity contribution in [1.82, 2.24) is 4.90 Å². The lowest BCUT2D eigenvalue weighted by atomic mass is 10.1. The fraction of sp³-hybridized carbons (Fsp3) is 0.538. The molecule has 1 aliphatic heterocycles. The molecule has 1 unspecified atom stereocenters. The second kappa shape index (κ2) is 5.85. The van der Waals surface area contributed by atoms with E-state index in [4.69, 9.17) is 10.5 Å². The average molecular weight is 299 g/mol. The van der Waals surface area contributed by atoms with Gasteiger partial charge < -0.3 is 10.5 Å². The van der Waals surface area contributed by atoms with Crippen LogP contribution in [0.5, 0.6) is 0 Å². The Bertz CT molecular complexity index is 363. The SMILES string of the molecule is COC1CCCN(Cc2c(N)cccc2Br)C1. The highest BCUT2D eigenvalue weighted by atomic mass is 79.9. The van der Waals surface area contributed by atoms with E-state index in [1.165, 1.54) is 18.4 Å². The lowest BCUT2D eigenvalue weighted by Gasteiger charge is -2.32. The van der Waals surface area contributed by atoms with E-state index in [2.05, 4.69) is 20.8 Å². The minimum absolute atomic E-state index is 0.368. The van der Waals surface area contributed by atoms with Gasteiger partial charge in [0.25, 0.3) is 0 Å². The number of anilines is 1. The molecule has 1 aromatic rings. The Morgan fingerprint density at radius 3 is 3.06 bits per heavy atom. The molecule has 0 saturated carbocycles. The molecule has 0 aromatic heterocycles. The highest BCUT2D eigenvalue weighted by Gasteiger charge is 2.20. The summed E-state index contributed by atoms with van der Waals surface area (Å²) in [4.78, 5) is 2.41. The Kier molecular flexibility index (Phi) is 4.42. The van der Waals surface area contributed by atoms with Gasteiger partial charge in [-0.2, -0.15) is 0 Å².